The zero-order valence-corrected chi connectivity index (χ0v) is 19.3. The summed E-state index contributed by atoms with van der Waals surface area (Å²) in [5, 5.41) is 4.98. The van der Waals surface area contributed by atoms with Crippen molar-refractivity contribution < 1.29 is 4.42 Å². The highest BCUT2D eigenvalue weighted by Crippen LogP contribution is 2.19. The molecule has 164 valence electrons. The molecule has 0 aliphatic rings. The van der Waals surface area contributed by atoms with Gasteiger partial charge in [-0.15, -0.1) is 0 Å². The van der Waals surface area contributed by atoms with Gasteiger partial charge in [-0.05, 0) is 85.4 Å². The number of pyridine rings is 1. The number of thiocarbonyl (C=S) groups is 1. The van der Waals surface area contributed by atoms with Crippen LogP contribution in [0.15, 0.2) is 76.1 Å². The number of rotatable bonds is 6. The van der Waals surface area contributed by atoms with Gasteiger partial charge in [0, 0.05) is 11.1 Å². The fourth-order valence-electron chi connectivity index (χ4n) is 3.74. The molecule has 0 unspecified atom stereocenters. The summed E-state index contributed by atoms with van der Waals surface area (Å²) in [5.74, 6) is 0.783. The SMILES string of the molecule is Cc1cc2cc(CN(Cc3ccco3)C(=S)N[C@H](C)c3ccccc3)c(=O)[nH]c2cc1C. The monoisotopic (exact) mass is 445 g/mol. The van der Waals surface area contributed by atoms with Crippen LogP contribution in [-0.4, -0.2) is 15.0 Å². The molecule has 0 aliphatic heterocycles. The third-order valence-electron chi connectivity index (χ3n) is 5.75. The first-order valence-corrected chi connectivity index (χ1v) is 11.1. The van der Waals surface area contributed by atoms with Crippen molar-refractivity contribution in [2.24, 2.45) is 0 Å². The Balaban J connectivity index is 1.62. The molecule has 2 N–H and O–H groups in total. The second-order valence-corrected chi connectivity index (χ2v) is 8.55. The molecule has 0 saturated carbocycles. The van der Waals surface area contributed by atoms with Gasteiger partial charge in [0.1, 0.15) is 5.76 Å². The molecule has 0 spiro atoms. The lowest BCUT2D eigenvalue weighted by molar-refractivity contribution is 0.347. The molecular weight excluding hydrogens is 418 g/mol. The van der Waals surface area contributed by atoms with Crippen LogP contribution in [0.1, 0.15) is 41.0 Å². The van der Waals surface area contributed by atoms with Gasteiger partial charge in [0.2, 0.25) is 0 Å². The molecule has 0 amide bonds. The number of furan rings is 1. The first-order chi connectivity index (χ1) is 15.4. The van der Waals surface area contributed by atoms with E-state index in [9.17, 15) is 4.79 Å². The number of hydrogen-bond donors (Lipinski definition) is 2. The van der Waals surface area contributed by atoms with Crippen molar-refractivity contribution in [1.82, 2.24) is 15.2 Å². The third-order valence-corrected chi connectivity index (χ3v) is 6.13. The molecule has 0 saturated heterocycles. The maximum absolute atomic E-state index is 12.9. The Morgan fingerprint density at radius 3 is 2.53 bits per heavy atom. The summed E-state index contributed by atoms with van der Waals surface area (Å²) in [7, 11) is 0. The molecule has 0 aliphatic carbocycles. The van der Waals surface area contributed by atoms with Gasteiger partial charge in [0.25, 0.3) is 5.56 Å². The van der Waals surface area contributed by atoms with Gasteiger partial charge >= 0.3 is 0 Å². The van der Waals surface area contributed by atoms with Gasteiger partial charge < -0.3 is 19.6 Å². The molecule has 0 fully saturated rings. The predicted molar refractivity (Wildman–Crippen MR) is 133 cm³/mol. The summed E-state index contributed by atoms with van der Waals surface area (Å²) < 4.78 is 5.56. The number of nitrogens with zero attached hydrogens (tertiary/aromatic N) is 1. The molecule has 0 radical (unpaired) electrons. The van der Waals surface area contributed by atoms with Crippen LogP contribution in [0.3, 0.4) is 0 Å². The van der Waals surface area contributed by atoms with Crippen molar-refractivity contribution in [2.75, 3.05) is 0 Å². The van der Waals surface area contributed by atoms with Crippen molar-refractivity contribution in [3.63, 3.8) is 0 Å². The average Bonchev–Trinajstić information content (AvgIpc) is 3.29. The number of benzene rings is 2. The number of nitrogens with one attached hydrogen (secondary N) is 2. The van der Waals surface area contributed by atoms with Crippen molar-refractivity contribution in [1.29, 1.82) is 0 Å². The molecule has 2 heterocycles. The lowest BCUT2D eigenvalue weighted by Crippen LogP contribution is -2.41. The van der Waals surface area contributed by atoms with Crippen LogP contribution < -0.4 is 10.9 Å². The topological polar surface area (TPSA) is 61.3 Å². The van der Waals surface area contributed by atoms with Gasteiger partial charge in [-0.2, -0.15) is 0 Å². The second kappa shape index (κ2) is 9.40. The van der Waals surface area contributed by atoms with E-state index in [4.69, 9.17) is 16.6 Å². The zero-order chi connectivity index (χ0) is 22.7. The van der Waals surface area contributed by atoms with Crippen LogP contribution in [0.5, 0.6) is 0 Å². The number of hydrogen-bond acceptors (Lipinski definition) is 3. The minimum Gasteiger partial charge on any atom is -0.467 e. The minimum absolute atomic E-state index is 0.0308. The molecule has 5 nitrogen and oxygen atoms in total. The van der Waals surface area contributed by atoms with E-state index in [1.807, 2.05) is 54.3 Å². The summed E-state index contributed by atoms with van der Waals surface area (Å²) in [6.45, 7) is 7.02. The van der Waals surface area contributed by atoms with Gasteiger partial charge in [-0.1, -0.05) is 30.3 Å². The lowest BCUT2D eigenvalue weighted by Gasteiger charge is -2.27. The smallest absolute Gasteiger partial charge is 0.253 e. The quantitative estimate of drug-likeness (QED) is 0.391. The van der Waals surface area contributed by atoms with E-state index in [0.717, 1.165) is 27.8 Å². The normalized spacial score (nSPS) is 12.0. The Bertz CT molecular complexity index is 1280. The van der Waals surface area contributed by atoms with Crippen LogP contribution in [0.4, 0.5) is 0 Å². The van der Waals surface area contributed by atoms with E-state index >= 15 is 0 Å². The van der Waals surface area contributed by atoms with Crippen LogP contribution in [-0.2, 0) is 13.1 Å². The summed E-state index contributed by atoms with van der Waals surface area (Å²) in [6, 6.07) is 20.0. The second-order valence-electron chi connectivity index (χ2n) is 8.16. The number of aromatic amines is 1. The lowest BCUT2D eigenvalue weighted by atomic mass is 10.0. The summed E-state index contributed by atoms with van der Waals surface area (Å²) in [4.78, 5) is 17.9. The van der Waals surface area contributed by atoms with E-state index < -0.39 is 0 Å². The fraction of sp³-hybridized carbons (Fsp3) is 0.231. The number of fused-ring (bicyclic) bond motifs is 1. The van der Waals surface area contributed by atoms with Crippen molar-refractivity contribution in [2.45, 2.75) is 39.9 Å². The van der Waals surface area contributed by atoms with E-state index in [0.29, 0.717) is 23.8 Å². The van der Waals surface area contributed by atoms with Gasteiger partial charge in [-0.3, -0.25) is 4.79 Å². The maximum atomic E-state index is 12.9. The van der Waals surface area contributed by atoms with Crippen LogP contribution in [0.25, 0.3) is 10.9 Å². The molecule has 4 rings (SSSR count). The summed E-state index contributed by atoms with van der Waals surface area (Å²) in [6.07, 6.45) is 1.64. The minimum atomic E-state index is -0.107. The largest absolute Gasteiger partial charge is 0.467 e. The zero-order valence-electron chi connectivity index (χ0n) is 18.5. The average molecular weight is 446 g/mol. The van der Waals surface area contributed by atoms with Crippen LogP contribution in [0, 0.1) is 13.8 Å². The Morgan fingerprint density at radius 1 is 1.06 bits per heavy atom. The van der Waals surface area contributed by atoms with Crippen LogP contribution >= 0.6 is 12.2 Å². The van der Waals surface area contributed by atoms with Gasteiger partial charge in [-0.25, -0.2) is 0 Å². The fourth-order valence-corrected chi connectivity index (χ4v) is 4.04. The third kappa shape index (κ3) is 4.92. The van der Waals surface area contributed by atoms with Crippen LogP contribution in [0.2, 0.25) is 0 Å². The predicted octanol–water partition coefficient (Wildman–Crippen LogP) is 5.38. The molecule has 2 aromatic heterocycles. The van der Waals surface area contributed by atoms with Gasteiger partial charge in [0.15, 0.2) is 5.11 Å². The molecule has 1 atom stereocenters. The molecule has 6 heteroatoms. The Hall–Kier alpha value is -3.38. The van der Waals surface area contributed by atoms with E-state index in [1.165, 1.54) is 5.56 Å². The Morgan fingerprint density at radius 2 is 1.81 bits per heavy atom. The molecular formula is C26H27N3O2S. The standard InChI is InChI=1S/C26H27N3O2S/c1-17-12-21-14-22(25(30)28-24(21)13-18(17)2)15-29(16-23-10-7-11-31-23)26(32)27-19(3)20-8-5-4-6-9-20/h4-14,19H,15-16H2,1-3H3,(H,27,32)(H,28,30)/t19-/m1/s1. The number of H-pyrrole nitrogens is 1. The van der Waals surface area contributed by atoms with E-state index in [-0.39, 0.29) is 11.6 Å². The summed E-state index contributed by atoms with van der Waals surface area (Å²) >= 11 is 5.76. The summed E-state index contributed by atoms with van der Waals surface area (Å²) in [5.41, 5.74) is 4.88. The Kier molecular flexibility index (Phi) is 6.42. The Labute approximate surface area is 193 Å². The van der Waals surface area contributed by atoms with Gasteiger partial charge in [0.05, 0.1) is 25.4 Å². The number of aryl methyl sites for hydroxylation is 2. The first-order valence-electron chi connectivity index (χ1n) is 10.7. The van der Waals surface area contributed by atoms with E-state index in [2.05, 4.69) is 42.3 Å². The molecule has 4 aromatic rings. The molecule has 0 bridgehead atoms. The van der Waals surface area contributed by atoms with Crippen molar-refractivity contribution in [3.05, 3.63) is 105 Å². The van der Waals surface area contributed by atoms with E-state index in [1.54, 1.807) is 6.26 Å². The highest BCUT2D eigenvalue weighted by Gasteiger charge is 2.17. The van der Waals surface area contributed by atoms with Crippen molar-refractivity contribution >= 4 is 28.2 Å². The van der Waals surface area contributed by atoms with Crippen molar-refractivity contribution in [3.8, 4) is 0 Å². The number of aromatic nitrogens is 1. The molecule has 2 aromatic carbocycles. The molecule has 32 heavy (non-hydrogen) atoms. The first kappa shape index (κ1) is 21.8. The highest BCUT2D eigenvalue weighted by atomic mass is 32.1. The highest BCUT2D eigenvalue weighted by molar-refractivity contribution is 7.80. The maximum Gasteiger partial charge on any atom is 0.253 e.